The fourth-order valence-electron chi connectivity index (χ4n) is 3.11. The van der Waals surface area contributed by atoms with Crippen LogP contribution in [0.3, 0.4) is 0 Å². The predicted molar refractivity (Wildman–Crippen MR) is 87.6 cm³/mol. The van der Waals surface area contributed by atoms with E-state index in [1.54, 1.807) is 6.92 Å². The first kappa shape index (κ1) is 14.8. The average molecular weight is 299 g/mol. The van der Waals surface area contributed by atoms with E-state index in [9.17, 15) is 9.59 Å². The van der Waals surface area contributed by atoms with E-state index < -0.39 is 0 Å². The molecule has 0 aliphatic carbocycles. The van der Waals surface area contributed by atoms with Gasteiger partial charge in [-0.2, -0.15) is 0 Å². The van der Waals surface area contributed by atoms with E-state index in [1.165, 1.54) is 5.56 Å². The first-order valence-corrected chi connectivity index (χ1v) is 7.77. The summed E-state index contributed by atoms with van der Waals surface area (Å²) in [4.78, 5) is 25.3. The van der Waals surface area contributed by atoms with Crippen LogP contribution in [0.25, 0.3) is 0 Å². The van der Waals surface area contributed by atoms with Crippen LogP contribution in [-0.2, 0) is 13.0 Å². The third-order valence-corrected chi connectivity index (χ3v) is 4.18. The Hall–Kier alpha value is -2.10. The summed E-state index contributed by atoms with van der Waals surface area (Å²) in [5.41, 5.74) is 2.79. The third-order valence-electron chi connectivity index (χ3n) is 4.18. The standard InChI is InChI=1S/C18H21NO3/c1-11(2)8-13-4-5-15-14(9-13)10-19(6-7-22-15)16-12(3)17(20)18(16)21/h4-5,9,11H,6-8,10H2,1-3H3. The van der Waals surface area contributed by atoms with Crippen LogP contribution in [-0.4, -0.2) is 13.2 Å². The summed E-state index contributed by atoms with van der Waals surface area (Å²) >= 11 is 0. The van der Waals surface area contributed by atoms with Crippen molar-refractivity contribution in [3.05, 3.63) is 55.3 Å². The summed E-state index contributed by atoms with van der Waals surface area (Å²) in [7, 11) is 0. The van der Waals surface area contributed by atoms with Crippen LogP contribution in [0.4, 0.5) is 5.69 Å². The Bertz CT molecular complexity index is 769. The van der Waals surface area contributed by atoms with Gasteiger partial charge in [0, 0.05) is 17.7 Å². The van der Waals surface area contributed by atoms with Gasteiger partial charge in [0.1, 0.15) is 12.4 Å². The van der Waals surface area contributed by atoms with Crippen molar-refractivity contribution in [1.29, 1.82) is 0 Å². The summed E-state index contributed by atoms with van der Waals surface area (Å²) < 4.78 is 5.79. The lowest BCUT2D eigenvalue weighted by Crippen LogP contribution is -2.43. The van der Waals surface area contributed by atoms with Crippen LogP contribution in [0.1, 0.15) is 30.5 Å². The smallest absolute Gasteiger partial charge is 0.249 e. The fraction of sp³-hybridized carbons (Fsp3) is 0.444. The maximum atomic E-state index is 11.8. The molecule has 0 amide bonds. The van der Waals surface area contributed by atoms with Crippen molar-refractivity contribution in [1.82, 2.24) is 0 Å². The second kappa shape index (κ2) is 5.59. The molecule has 116 valence electrons. The van der Waals surface area contributed by atoms with E-state index in [2.05, 4.69) is 26.0 Å². The van der Waals surface area contributed by atoms with Crippen molar-refractivity contribution in [3.63, 3.8) is 0 Å². The number of ether oxygens (including phenoxy) is 1. The molecule has 2 aromatic rings. The molecule has 0 saturated heterocycles. The van der Waals surface area contributed by atoms with Gasteiger partial charge >= 0.3 is 0 Å². The van der Waals surface area contributed by atoms with Crippen LogP contribution >= 0.6 is 0 Å². The number of rotatable bonds is 3. The van der Waals surface area contributed by atoms with Gasteiger partial charge in [0.2, 0.25) is 10.9 Å². The lowest BCUT2D eigenvalue weighted by atomic mass is 10.00. The zero-order valence-electron chi connectivity index (χ0n) is 13.3. The van der Waals surface area contributed by atoms with Crippen molar-refractivity contribution >= 4 is 5.69 Å². The number of fused-ring (bicyclic) bond motifs is 1. The Labute approximate surface area is 130 Å². The highest BCUT2D eigenvalue weighted by Crippen LogP contribution is 2.28. The minimum atomic E-state index is -0.362. The summed E-state index contributed by atoms with van der Waals surface area (Å²) in [6, 6.07) is 6.29. The van der Waals surface area contributed by atoms with Gasteiger partial charge in [0.05, 0.1) is 12.2 Å². The van der Waals surface area contributed by atoms with Gasteiger partial charge in [-0.05, 0) is 30.9 Å². The largest absolute Gasteiger partial charge is 0.491 e. The number of anilines is 1. The zero-order valence-corrected chi connectivity index (χ0v) is 13.3. The van der Waals surface area contributed by atoms with Crippen LogP contribution in [0.15, 0.2) is 27.8 Å². The molecule has 0 fully saturated rings. The van der Waals surface area contributed by atoms with E-state index >= 15 is 0 Å². The molecule has 0 radical (unpaired) electrons. The Balaban J connectivity index is 1.91. The molecule has 1 aliphatic rings. The monoisotopic (exact) mass is 299 g/mol. The average Bonchev–Trinajstić information content (AvgIpc) is 2.68. The maximum Gasteiger partial charge on any atom is 0.249 e. The molecule has 0 unspecified atom stereocenters. The molecule has 0 aromatic heterocycles. The van der Waals surface area contributed by atoms with Gasteiger partial charge in [0.25, 0.3) is 0 Å². The van der Waals surface area contributed by atoms with Crippen LogP contribution < -0.4 is 20.5 Å². The summed E-state index contributed by atoms with van der Waals surface area (Å²) in [6.45, 7) is 7.88. The number of hydrogen-bond acceptors (Lipinski definition) is 4. The molecular weight excluding hydrogens is 278 g/mol. The van der Waals surface area contributed by atoms with Crippen molar-refractivity contribution in [2.24, 2.45) is 5.92 Å². The molecule has 1 heterocycles. The van der Waals surface area contributed by atoms with E-state index in [4.69, 9.17) is 4.74 Å². The normalized spacial score (nSPS) is 14.8. The van der Waals surface area contributed by atoms with E-state index in [1.807, 2.05) is 11.0 Å². The summed E-state index contributed by atoms with van der Waals surface area (Å²) in [6.07, 6.45) is 1.02. The van der Waals surface area contributed by atoms with Crippen LogP contribution in [0.5, 0.6) is 5.75 Å². The Morgan fingerprint density at radius 1 is 1.23 bits per heavy atom. The van der Waals surface area contributed by atoms with Crippen LogP contribution in [0, 0.1) is 12.8 Å². The van der Waals surface area contributed by atoms with E-state index in [0.29, 0.717) is 36.9 Å². The Morgan fingerprint density at radius 3 is 2.68 bits per heavy atom. The van der Waals surface area contributed by atoms with Gasteiger partial charge in [0.15, 0.2) is 0 Å². The highest BCUT2D eigenvalue weighted by molar-refractivity contribution is 5.59. The molecule has 1 aliphatic heterocycles. The van der Waals surface area contributed by atoms with Crippen molar-refractivity contribution in [3.8, 4) is 5.75 Å². The van der Waals surface area contributed by atoms with Gasteiger partial charge in [-0.15, -0.1) is 0 Å². The molecule has 0 spiro atoms. The van der Waals surface area contributed by atoms with E-state index in [-0.39, 0.29) is 10.9 Å². The maximum absolute atomic E-state index is 11.8. The SMILES string of the molecule is Cc1c(N2CCOc3ccc(CC(C)C)cc3C2)c(=O)c1=O. The minimum absolute atomic E-state index is 0.353. The van der Waals surface area contributed by atoms with Gasteiger partial charge in [-0.3, -0.25) is 9.59 Å². The first-order chi connectivity index (χ1) is 10.5. The molecule has 4 heteroatoms. The quantitative estimate of drug-likeness (QED) is 0.815. The molecule has 3 rings (SSSR count). The molecule has 22 heavy (non-hydrogen) atoms. The Morgan fingerprint density at radius 2 is 2.00 bits per heavy atom. The fourth-order valence-corrected chi connectivity index (χ4v) is 3.11. The second-order valence-electron chi connectivity index (χ2n) is 6.44. The lowest BCUT2D eigenvalue weighted by molar-refractivity contribution is 0.331. The number of benzene rings is 1. The van der Waals surface area contributed by atoms with Crippen LogP contribution in [0.2, 0.25) is 0 Å². The molecule has 0 bridgehead atoms. The summed E-state index contributed by atoms with van der Waals surface area (Å²) in [5, 5.41) is 0. The molecule has 2 aromatic carbocycles. The molecule has 0 N–H and O–H groups in total. The highest BCUT2D eigenvalue weighted by atomic mass is 16.5. The second-order valence-corrected chi connectivity index (χ2v) is 6.44. The zero-order chi connectivity index (χ0) is 15.9. The van der Waals surface area contributed by atoms with Gasteiger partial charge in [-0.1, -0.05) is 26.0 Å². The third kappa shape index (κ3) is 2.54. The van der Waals surface area contributed by atoms with Gasteiger partial charge in [-0.25, -0.2) is 0 Å². The minimum Gasteiger partial charge on any atom is -0.491 e. The topological polar surface area (TPSA) is 46.6 Å². The molecule has 0 saturated carbocycles. The predicted octanol–water partition coefficient (Wildman–Crippen LogP) is 2.19. The first-order valence-electron chi connectivity index (χ1n) is 7.77. The van der Waals surface area contributed by atoms with Crippen molar-refractivity contribution in [2.45, 2.75) is 33.7 Å². The number of hydrogen-bond donors (Lipinski definition) is 0. The van der Waals surface area contributed by atoms with Crippen molar-refractivity contribution in [2.75, 3.05) is 18.1 Å². The summed E-state index contributed by atoms with van der Waals surface area (Å²) in [5.74, 6) is 1.47. The highest BCUT2D eigenvalue weighted by Gasteiger charge is 2.25. The number of nitrogens with zero attached hydrogens (tertiary/aromatic N) is 1. The molecule has 0 atom stereocenters. The van der Waals surface area contributed by atoms with Crippen molar-refractivity contribution < 1.29 is 4.74 Å². The molecular formula is C18H21NO3. The molecule has 4 nitrogen and oxygen atoms in total. The Kier molecular flexibility index (Phi) is 3.77. The van der Waals surface area contributed by atoms with E-state index in [0.717, 1.165) is 17.7 Å². The lowest BCUT2D eigenvalue weighted by Gasteiger charge is -2.24. The van der Waals surface area contributed by atoms with Gasteiger partial charge < -0.3 is 9.64 Å².